The van der Waals surface area contributed by atoms with Crippen molar-refractivity contribution >= 4 is 35.0 Å². The van der Waals surface area contributed by atoms with Gasteiger partial charge in [-0.25, -0.2) is 15.0 Å². The molecule has 0 atom stereocenters. The van der Waals surface area contributed by atoms with Crippen LogP contribution in [0.1, 0.15) is 11.3 Å². The van der Waals surface area contributed by atoms with Gasteiger partial charge in [-0.3, -0.25) is 0 Å². The van der Waals surface area contributed by atoms with Gasteiger partial charge in [0.25, 0.3) is 0 Å². The maximum Gasteiger partial charge on any atom is 0.229 e. The Hall–Kier alpha value is -2.93. The van der Waals surface area contributed by atoms with Crippen molar-refractivity contribution in [3.63, 3.8) is 0 Å². The van der Waals surface area contributed by atoms with Gasteiger partial charge >= 0.3 is 0 Å². The van der Waals surface area contributed by atoms with Crippen LogP contribution < -0.4 is 15.1 Å². The second-order valence-electron chi connectivity index (χ2n) is 6.80. The van der Waals surface area contributed by atoms with E-state index in [1.807, 2.05) is 44.2 Å². The fourth-order valence-corrected chi connectivity index (χ4v) is 3.34. The molecule has 1 saturated heterocycles. The number of piperazine rings is 1. The lowest BCUT2D eigenvalue weighted by atomic mass is 10.2. The third-order valence-electron chi connectivity index (χ3n) is 4.71. The molecule has 1 fully saturated rings. The summed E-state index contributed by atoms with van der Waals surface area (Å²) in [5, 5.41) is 3.98. The Kier molecular flexibility index (Phi) is 5.25. The maximum atomic E-state index is 6.22. The minimum Gasteiger partial charge on any atom is -0.353 e. The molecule has 1 N–H and O–H groups in total. The number of aryl methyl sites for hydroxylation is 2. The smallest absolute Gasteiger partial charge is 0.229 e. The summed E-state index contributed by atoms with van der Waals surface area (Å²) < 4.78 is 0. The molecule has 7 nitrogen and oxygen atoms in total. The molecule has 8 heteroatoms. The summed E-state index contributed by atoms with van der Waals surface area (Å²) in [6.45, 7) is 7.36. The van der Waals surface area contributed by atoms with Gasteiger partial charge < -0.3 is 15.1 Å². The average Bonchev–Trinajstić information content (AvgIpc) is 2.71. The van der Waals surface area contributed by atoms with Crippen LogP contribution in [-0.4, -0.2) is 46.1 Å². The summed E-state index contributed by atoms with van der Waals surface area (Å²) in [6, 6.07) is 9.69. The normalized spacial score (nSPS) is 14.2. The minimum absolute atomic E-state index is 0.573. The molecule has 0 aliphatic carbocycles. The third kappa shape index (κ3) is 4.14. The van der Waals surface area contributed by atoms with Gasteiger partial charge in [0.15, 0.2) is 0 Å². The van der Waals surface area contributed by atoms with Crippen LogP contribution in [-0.2, 0) is 0 Å². The standard InChI is InChI=1S/C20H22ClN7/c1-14-4-5-16(13-17(14)21)25-19-24-15(2)12-18(26-19)27-8-10-28(11-9-27)20-22-6-3-7-23-20/h3-7,12-13H,8-11H2,1-2H3,(H,24,25,26). The molecule has 1 aromatic carbocycles. The molecule has 0 saturated carbocycles. The van der Waals surface area contributed by atoms with Crippen molar-refractivity contribution < 1.29 is 0 Å². The van der Waals surface area contributed by atoms with E-state index in [9.17, 15) is 0 Å². The third-order valence-corrected chi connectivity index (χ3v) is 5.11. The van der Waals surface area contributed by atoms with Gasteiger partial charge in [-0.15, -0.1) is 0 Å². The Labute approximate surface area is 169 Å². The van der Waals surface area contributed by atoms with E-state index in [0.29, 0.717) is 5.95 Å². The number of nitrogens with zero attached hydrogens (tertiary/aromatic N) is 6. The summed E-state index contributed by atoms with van der Waals surface area (Å²) in [7, 11) is 0. The van der Waals surface area contributed by atoms with E-state index in [1.54, 1.807) is 12.4 Å². The molecule has 3 heterocycles. The molecule has 3 aromatic rings. The topological polar surface area (TPSA) is 70.1 Å². The largest absolute Gasteiger partial charge is 0.353 e. The Bertz CT molecular complexity index is 956. The van der Waals surface area contributed by atoms with Gasteiger partial charge in [-0.05, 0) is 37.6 Å². The molecule has 0 spiro atoms. The number of nitrogens with one attached hydrogen (secondary N) is 1. The first-order valence-electron chi connectivity index (χ1n) is 9.24. The molecule has 0 bridgehead atoms. The van der Waals surface area contributed by atoms with E-state index < -0.39 is 0 Å². The Morgan fingerprint density at radius 2 is 1.64 bits per heavy atom. The summed E-state index contributed by atoms with van der Waals surface area (Å²) >= 11 is 6.22. The molecule has 28 heavy (non-hydrogen) atoms. The Morgan fingerprint density at radius 3 is 2.36 bits per heavy atom. The lowest BCUT2D eigenvalue weighted by molar-refractivity contribution is 0.634. The van der Waals surface area contributed by atoms with Crippen molar-refractivity contribution in [1.29, 1.82) is 0 Å². The zero-order valence-electron chi connectivity index (χ0n) is 15.9. The van der Waals surface area contributed by atoms with Crippen LogP contribution in [0.15, 0.2) is 42.7 Å². The van der Waals surface area contributed by atoms with E-state index in [1.165, 1.54) is 0 Å². The molecule has 0 unspecified atom stereocenters. The van der Waals surface area contributed by atoms with Crippen molar-refractivity contribution in [1.82, 2.24) is 19.9 Å². The predicted molar refractivity (Wildman–Crippen MR) is 113 cm³/mol. The number of benzene rings is 1. The molecule has 144 valence electrons. The number of anilines is 4. The number of aromatic nitrogens is 4. The first kappa shape index (κ1) is 18.4. The van der Waals surface area contributed by atoms with Crippen LogP contribution in [0.5, 0.6) is 0 Å². The van der Waals surface area contributed by atoms with E-state index in [4.69, 9.17) is 16.6 Å². The highest BCUT2D eigenvalue weighted by atomic mass is 35.5. The Morgan fingerprint density at radius 1 is 0.929 bits per heavy atom. The maximum absolute atomic E-state index is 6.22. The number of halogens is 1. The van der Waals surface area contributed by atoms with Gasteiger partial charge in [0.1, 0.15) is 5.82 Å². The van der Waals surface area contributed by atoms with Crippen molar-refractivity contribution in [2.75, 3.05) is 41.3 Å². The monoisotopic (exact) mass is 395 g/mol. The molecular weight excluding hydrogens is 374 g/mol. The second-order valence-corrected chi connectivity index (χ2v) is 7.21. The highest BCUT2D eigenvalue weighted by Gasteiger charge is 2.20. The molecule has 0 radical (unpaired) electrons. The van der Waals surface area contributed by atoms with Crippen molar-refractivity contribution in [3.8, 4) is 0 Å². The fourth-order valence-electron chi connectivity index (χ4n) is 3.16. The minimum atomic E-state index is 0.573. The van der Waals surface area contributed by atoms with Gasteiger partial charge in [0.05, 0.1) is 0 Å². The summed E-state index contributed by atoms with van der Waals surface area (Å²) in [5.74, 6) is 2.27. The fraction of sp³-hybridized carbons (Fsp3) is 0.300. The highest BCUT2D eigenvalue weighted by molar-refractivity contribution is 6.31. The zero-order valence-corrected chi connectivity index (χ0v) is 16.7. The van der Waals surface area contributed by atoms with Gasteiger partial charge in [0, 0.05) is 61.0 Å². The van der Waals surface area contributed by atoms with Crippen LogP contribution in [0.2, 0.25) is 5.02 Å². The first-order chi connectivity index (χ1) is 13.6. The number of hydrogen-bond acceptors (Lipinski definition) is 7. The second kappa shape index (κ2) is 7.98. The van der Waals surface area contributed by atoms with Crippen molar-refractivity contribution in [2.45, 2.75) is 13.8 Å². The van der Waals surface area contributed by atoms with E-state index in [0.717, 1.165) is 59.9 Å². The summed E-state index contributed by atoms with van der Waals surface area (Å²) in [6.07, 6.45) is 3.55. The van der Waals surface area contributed by atoms with Crippen molar-refractivity contribution in [3.05, 3.63) is 59.0 Å². The number of hydrogen-bond donors (Lipinski definition) is 1. The predicted octanol–water partition coefficient (Wildman–Crippen LogP) is 3.61. The quantitative estimate of drug-likeness (QED) is 0.723. The van der Waals surface area contributed by atoms with Gasteiger partial charge in [-0.2, -0.15) is 4.98 Å². The molecular formula is C20H22ClN7. The van der Waals surface area contributed by atoms with Crippen LogP contribution in [0.4, 0.5) is 23.4 Å². The van der Waals surface area contributed by atoms with Crippen LogP contribution in [0.3, 0.4) is 0 Å². The van der Waals surface area contributed by atoms with Crippen LogP contribution >= 0.6 is 11.6 Å². The Balaban J connectivity index is 1.47. The van der Waals surface area contributed by atoms with Crippen molar-refractivity contribution in [2.24, 2.45) is 0 Å². The van der Waals surface area contributed by atoms with E-state index in [2.05, 4.69) is 30.1 Å². The zero-order chi connectivity index (χ0) is 19.5. The van der Waals surface area contributed by atoms with E-state index >= 15 is 0 Å². The number of rotatable bonds is 4. The van der Waals surface area contributed by atoms with Gasteiger partial charge in [-0.1, -0.05) is 17.7 Å². The molecule has 4 rings (SSSR count). The lowest BCUT2D eigenvalue weighted by Gasteiger charge is -2.35. The SMILES string of the molecule is Cc1cc(N2CCN(c3ncccn3)CC2)nc(Nc2ccc(C)c(Cl)c2)n1. The molecule has 0 amide bonds. The summed E-state index contributed by atoms with van der Waals surface area (Å²) in [4.78, 5) is 22.4. The average molecular weight is 396 g/mol. The summed E-state index contributed by atoms with van der Waals surface area (Å²) in [5.41, 5.74) is 2.83. The van der Waals surface area contributed by atoms with E-state index in [-0.39, 0.29) is 0 Å². The molecule has 1 aliphatic heterocycles. The van der Waals surface area contributed by atoms with Crippen LogP contribution in [0, 0.1) is 13.8 Å². The molecule has 2 aromatic heterocycles. The lowest BCUT2D eigenvalue weighted by Crippen LogP contribution is -2.47. The molecule has 1 aliphatic rings. The first-order valence-corrected chi connectivity index (χ1v) is 9.62. The van der Waals surface area contributed by atoms with Crippen LogP contribution in [0.25, 0.3) is 0 Å². The highest BCUT2D eigenvalue weighted by Crippen LogP contribution is 2.24. The van der Waals surface area contributed by atoms with Gasteiger partial charge in [0.2, 0.25) is 11.9 Å².